The van der Waals surface area contributed by atoms with Gasteiger partial charge in [-0.2, -0.15) is 5.10 Å². The molecule has 136 valence electrons. The maximum Gasteiger partial charge on any atom is 0.317 e. The highest BCUT2D eigenvalue weighted by atomic mass is 16.5. The topological polar surface area (TPSA) is 108 Å². The second-order valence-electron chi connectivity index (χ2n) is 6.59. The van der Waals surface area contributed by atoms with Gasteiger partial charge in [-0.15, -0.1) is 0 Å². The van der Waals surface area contributed by atoms with E-state index in [1.165, 1.54) is 6.20 Å². The van der Waals surface area contributed by atoms with Gasteiger partial charge in [0.1, 0.15) is 11.9 Å². The van der Waals surface area contributed by atoms with Crippen molar-refractivity contribution in [1.29, 1.82) is 0 Å². The SMILES string of the molecule is O=C1N[C@H]2OCCC[C@H]2[C@H](c2cccc(CNC(=O)c3ccn[nH]3)c2)N1. The van der Waals surface area contributed by atoms with Gasteiger partial charge in [0.25, 0.3) is 5.91 Å². The van der Waals surface area contributed by atoms with Crippen LogP contribution < -0.4 is 16.0 Å². The van der Waals surface area contributed by atoms with Gasteiger partial charge in [-0.1, -0.05) is 24.3 Å². The number of aromatic amines is 1. The Balaban J connectivity index is 1.48. The third-order valence-corrected chi connectivity index (χ3v) is 4.86. The zero-order valence-corrected chi connectivity index (χ0v) is 14.2. The number of hydrogen-bond acceptors (Lipinski definition) is 4. The van der Waals surface area contributed by atoms with Crippen molar-refractivity contribution in [3.63, 3.8) is 0 Å². The smallest absolute Gasteiger partial charge is 0.317 e. The molecule has 26 heavy (non-hydrogen) atoms. The van der Waals surface area contributed by atoms with Gasteiger partial charge in [0.2, 0.25) is 0 Å². The normalized spacial score (nSPS) is 24.9. The van der Waals surface area contributed by atoms with E-state index in [0.29, 0.717) is 18.8 Å². The number of carbonyl (C=O) groups is 2. The Kier molecular flexibility index (Phi) is 4.57. The molecule has 2 aliphatic heterocycles. The van der Waals surface area contributed by atoms with Crippen molar-refractivity contribution in [3.05, 3.63) is 53.3 Å². The predicted molar refractivity (Wildman–Crippen MR) is 93.1 cm³/mol. The van der Waals surface area contributed by atoms with Crippen LogP contribution in [-0.2, 0) is 11.3 Å². The summed E-state index contributed by atoms with van der Waals surface area (Å²) in [6.07, 6.45) is 3.27. The fraction of sp³-hybridized carbons (Fsp3) is 0.389. The molecule has 8 nitrogen and oxygen atoms in total. The van der Waals surface area contributed by atoms with Crippen LogP contribution in [0, 0.1) is 5.92 Å². The molecule has 2 fully saturated rings. The first-order valence-corrected chi connectivity index (χ1v) is 8.76. The number of benzene rings is 1. The Labute approximate surface area is 150 Å². The van der Waals surface area contributed by atoms with Crippen molar-refractivity contribution in [3.8, 4) is 0 Å². The van der Waals surface area contributed by atoms with Gasteiger partial charge >= 0.3 is 6.03 Å². The number of nitrogens with zero attached hydrogens (tertiary/aromatic N) is 1. The van der Waals surface area contributed by atoms with Crippen molar-refractivity contribution in [1.82, 2.24) is 26.1 Å². The van der Waals surface area contributed by atoms with E-state index in [1.54, 1.807) is 6.07 Å². The maximum atomic E-state index is 12.0. The lowest BCUT2D eigenvalue weighted by molar-refractivity contribution is -0.0602. The molecular weight excluding hydrogens is 334 g/mol. The average Bonchev–Trinajstić information content (AvgIpc) is 3.20. The Morgan fingerprint density at radius 2 is 2.23 bits per heavy atom. The standard InChI is InChI=1S/C18H21N5O3/c24-16(14-6-7-20-23-14)19-10-11-3-1-4-12(9-11)15-13-5-2-8-26-17(13)22-18(25)21-15/h1,3-4,6-7,9,13,15,17H,2,5,8,10H2,(H,19,24)(H,20,23)(H2,21,22,25)/t13-,15-,17-/m0/s1. The molecule has 3 amide bonds. The van der Waals surface area contributed by atoms with Crippen molar-refractivity contribution >= 4 is 11.9 Å². The Morgan fingerprint density at radius 1 is 1.31 bits per heavy atom. The molecule has 2 aliphatic rings. The molecule has 8 heteroatoms. The Morgan fingerprint density at radius 3 is 3.08 bits per heavy atom. The van der Waals surface area contributed by atoms with E-state index < -0.39 is 0 Å². The maximum absolute atomic E-state index is 12.0. The number of fused-ring (bicyclic) bond motifs is 1. The molecule has 0 spiro atoms. The zero-order chi connectivity index (χ0) is 17.9. The second-order valence-corrected chi connectivity index (χ2v) is 6.59. The molecule has 2 aromatic rings. The highest BCUT2D eigenvalue weighted by Gasteiger charge is 2.39. The lowest BCUT2D eigenvalue weighted by atomic mass is 9.85. The number of amides is 3. The lowest BCUT2D eigenvalue weighted by Gasteiger charge is -2.42. The van der Waals surface area contributed by atoms with Gasteiger partial charge in [0, 0.05) is 25.3 Å². The molecule has 4 rings (SSSR count). The molecular formula is C18H21N5O3. The first-order valence-electron chi connectivity index (χ1n) is 8.76. The molecule has 3 atom stereocenters. The van der Waals surface area contributed by atoms with Gasteiger partial charge < -0.3 is 20.7 Å². The number of ether oxygens (including phenoxy) is 1. The molecule has 0 bridgehead atoms. The summed E-state index contributed by atoms with van der Waals surface area (Å²) in [5.74, 6) is -0.0138. The number of nitrogens with one attached hydrogen (secondary N) is 4. The average molecular weight is 355 g/mol. The number of H-pyrrole nitrogens is 1. The summed E-state index contributed by atoms with van der Waals surface area (Å²) >= 11 is 0. The van der Waals surface area contributed by atoms with Crippen molar-refractivity contribution in [2.75, 3.05) is 6.61 Å². The molecule has 0 aliphatic carbocycles. The van der Waals surface area contributed by atoms with E-state index in [-0.39, 0.29) is 30.1 Å². The van der Waals surface area contributed by atoms with Crippen molar-refractivity contribution in [2.24, 2.45) is 5.92 Å². The third-order valence-electron chi connectivity index (χ3n) is 4.86. The molecule has 4 N–H and O–H groups in total. The van der Waals surface area contributed by atoms with Crippen LogP contribution in [0.3, 0.4) is 0 Å². The summed E-state index contributed by atoms with van der Waals surface area (Å²) in [5.41, 5.74) is 2.42. The van der Waals surface area contributed by atoms with Crippen LogP contribution >= 0.6 is 0 Å². The molecule has 2 saturated heterocycles. The quantitative estimate of drug-likeness (QED) is 0.665. The monoisotopic (exact) mass is 355 g/mol. The number of rotatable bonds is 4. The van der Waals surface area contributed by atoms with Crippen LogP contribution in [0.5, 0.6) is 0 Å². The Bertz CT molecular complexity index is 792. The van der Waals surface area contributed by atoms with E-state index in [0.717, 1.165) is 24.0 Å². The molecule has 1 aromatic heterocycles. The summed E-state index contributed by atoms with van der Waals surface area (Å²) in [5, 5.41) is 15.1. The largest absolute Gasteiger partial charge is 0.358 e. The van der Waals surface area contributed by atoms with Crippen LogP contribution in [-0.4, -0.2) is 35.0 Å². The second kappa shape index (κ2) is 7.17. The Hall–Kier alpha value is -2.87. The number of carbonyl (C=O) groups excluding carboxylic acids is 2. The first-order chi connectivity index (χ1) is 12.7. The van der Waals surface area contributed by atoms with Crippen molar-refractivity contribution < 1.29 is 14.3 Å². The summed E-state index contributed by atoms with van der Waals surface area (Å²) in [6, 6.07) is 9.24. The number of aromatic nitrogens is 2. The van der Waals surface area contributed by atoms with E-state index in [2.05, 4.69) is 26.1 Å². The molecule has 0 unspecified atom stereocenters. The fourth-order valence-corrected chi connectivity index (χ4v) is 3.60. The third kappa shape index (κ3) is 3.41. The first kappa shape index (κ1) is 16.6. The molecule has 0 saturated carbocycles. The zero-order valence-electron chi connectivity index (χ0n) is 14.2. The van der Waals surface area contributed by atoms with E-state index >= 15 is 0 Å². The van der Waals surface area contributed by atoms with Crippen LogP contribution in [0.2, 0.25) is 0 Å². The van der Waals surface area contributed by atoms with Gasteiger partial charge in [0.05, 0.1) is 6.04 Å². The van der Waals surface area contributed by atoms with Crippen LogP contribution in [0.15, 0.2) is 36.5 Å². The highest BCUT2D eigenvalue weighted by molar-refractivity contribution is 5.92. The minimum atomic E-state index is -0.244. The van der Waals surface area contributed by atoms with E-state index in [1.807, 2.05) is 24.3 Å². The number of hydrogen-bond donors (Lipinski definition) is 4. The summed E-state index contributed by atoms with van der Waals surface area (Å²) in [4.78, 5) is 24.0. The minimum Gasteiger partial charge on any atom is -0.358 e. The fourth-order valence-electron chi connectivity index (χ4n) is 3.60. The summed E-state index contributed by atoms with van der Waals surface area (Å²) < 4.78 is 5.72. The molecule has 3 heterocycles. The number of urea groups is 1. The van der Waals surface area contributed by atoms with Gasteiger partial charge in [-0.25, -0.2) is 4.79 Å². The van der Waals surface area contributed by atoms with Crippen LogP contribution in [0.1, 0.15) is 40.5 Å². The van der Waals surface area contributed by atoms with Gasteiger partial charge in [0.15, 0.2) is 0 Å². The van der Waals surface area contributed by atoms with Gasteiger partial charge in [-0.3, -0.25) is 9.89 Å². The predicted octanol–water partition coefficient (Wildman–Crippen LogP) is 1.45. The van der Waals surface area contributed by atoms with Gasteiger partial charge in [-0.05, 0) is 30.0 Å². The van der Waals surface area contributed by atoms with Crippen molar-refractivity contribution in [2.45, 2.75) is 31.7 Å². The summed E-state index contributed by atoms with van der Waals surface area (Å²) in [7, 11) is 0. The highest BCUT2D eigenvalue weighted by Crippen LogP contribution is 2.34. The van der Waals surface area contributed by atoms with E-state index in [9.17, 15) is 9.59 Å². The van der Waals surface area contributed by atoms with Crippen LogP contribution in [0.4, 0.5) is 4.79 Å². The van der Waals surface area contributed by atoms with E-state index in [4.69, 9.17) is 4.74 Å². The summed E-state index contributed by atoms with van der Waals surface area (Å²) in [6.45, 7) is 1.07. The molecule has 1 aromatic carbocycles. The molecule has 0 radical (unpaired) electrons. The lowest BCUT2D eigenvalue weighted by Crippen LogP contribution is -2.58. The van der Waals surface area contributed by atoms with Crippen LogP contribution in [0.25, 0.3) is 0 Å². The minimum absolute atomic E-state index is 0.0997.